The number of aromatic amines is 1. The number of nitrogens with zero attached hydrogens (tertiary/aromatic N) is 1. The maximum absolute atomic E-state index is 12.2. The quantitative estimate of drug-likeness (QED) is 0.605. The average molecular weight is 319 g/mol. The summed E-state index contributed by atoms with van der Waals surface area (Å²) in [6, 6.07) is 13.8. The Bertz CT molecular complexity index is 1030. The lowest BCUT2D eigenvalue weighted by Crippen LogP contribution is -2.24. The zero-order chi connectivity index (χ0) is 16.5. The van der Waals surface area contributed by atoms with E-state index in [1.165, 1.54) is 0 Å². The summed E-state index contributed by atoms with van der Waals surface area (Å²) in [4.78, 5) is 19.7. The van der Waals surface area contributed by atoms with E-state index in [9.17, 15) is 4.79 Å². The van der Waals surface area contributed by atoms with Crippen LogP contribution in [0.15, 0.2) is 53.1 Å². The van der Waals surface area contributed by atoms with Gasteiger partial charge in [0.25, 0.3) is 0 Å². The van der Waals surface area contributed by atoms with Crippen LogP contribution < -0.4 is 5.32 Å². The molecule has 0 atom stereocenters. The molecule has 0 unspecified atom stereocenters. The summed E-state index contributed by atoms with van der Waals surface area (Å²) < 4.78 is 5.52. The number of hydrogen-bond acceptors (Lipinski definition) is 3. The molecule has 2 aromatic heterocycles. The van der Waals surface area contributed by atoms with Gasteiger partial charge in [-0.2, -0.15) is 0 Å². The summed E-state index contributed by atoms with van der Waals surface area (Å²) in [7, 11) is 0. The van der Waals surface area contributed by atoms with E-state index in [2.05, 4.69) is 15.3 Å². The lowest BCUT2D eigenvalue weighted by atomic mass is 10.1. The summed E-state index contributed by atoms with van der Waals surface area (Å²) in [5.74, 6) is 0.638. The predicted molar refractivity (Wildman–Crippen MR) is 92.6 cm³/mol. The Kier molecular flexibility index (Phi) is 3.54. The molecule has 0 spiro atoms. The Morgan fingerprint density at radius 1 is 1.25 bits per heavy atom. The molecule has 24 heavy (non-hydrogen) atoms. The standard InChI is InChI=1S/C19H17N3O2/c1-12-22-17-7-6-13(8-18(17)24-12)10-21-19(23)9-14-11-20-16-5-3-2-4-15(14)16/h2-8,11,20H,9-10H2,1H3,(H,21,23). The van der Waals surface area contributed by atoms with Gasteiger partial charge in [-0.3, -0.25) is 4.79 Å². The van der Waals surface area contributed by atoms with Crippen LogP contribution in [-0.4, -0.2) is 15.9 Å². The van der Waals surface area contributed by atoms with E-state index in [-0.39, 0.29) is 5.91 Å². The molecule has 0 radical (unpaired) electrons. The molecule has 0 saturated heterocycles. The SMILES string of the molecule is Cc1nc2ccc(CNC(=O)Cc3c[nH]c4ccccc34)cc2o1. The smallest absolute Gasteiger partial charge is 0.224 e. The minimum Gasteiger partial charge on any atom is -0.441 e. The second-order valence-corrected chi connectivity index (χ2v) is 5.85. The molecule has 4 rings (SSSR count). The summed E-state index contributed by atoms with van der Waals surface area (Å²) >= 11 is 0. The number of rotatable bonds is 4. The van der Waals surface area contributed by atoms with Crippen LogP contribution in [0.25, 0.3) is 22.0 Å². The van der Waals surface area contributed by atoms with Crippen LogP contribution in [0, 0.1) is 6.92 Å². The van der Waals surface area contributed by atoms with E-state index >= 15 is 0 Å². The fraction of sp³-hybridized carbons (Fsp3) is 0.158. The van der Waals surface area contributed by atoms with Crippen molar-refractivity contribution in [3.8, 4) is 0 Å². The average Bonchev–Trinajstić information content (AvgIpc) is 3.15. The van der Waals surface area contributed by atoms with Crippen molar-refractivity contribution >= 4 is 27.9 Å². The molecule has 0 fully saturated rings. The van der Waals surface area contributed by atoms with Crippen LogP contribution in [0.4, 0.5) is 0 Å². The first-order valence-corrected chi connectivity index (χ1v) is 7.87. The fourth-order valence-corrected chi connectivity index (χ4v) is 2.91. The molecule has 2 heterocycles. The van der Waals surface area contributed by atoms with Crippen LogP contribution in [0.1, 0.15) is 17.0 Å². The molecular weight excluding hydrogens is 302 g/mol. The van der Waals surface area contributed by atoms with Gasteiger partial charge in [0.05, 0.1) is 6.42 Å². The molecule has 1 amide bonds. The third kappa shape index (κ3) is 2.76. The van der Waals surface area contributed by atoms with E-state index < -0.39 is 0 Å². The highest BCUT2D eigenvalue weighted by Crippen LogP contribution is 2.19. The number of para-hydroxylation sites is 1. The van der Waals surface area contributed by atoms with Crippen LogP contribution in [0.3, 0.4) is 0 Å². The number of H-pyrrole nitrogens is 1. The summed E-state index contributed by atoms with van der Waals surface area (Å²) in [5, 5.41) is 4.05. The van der Waals surface area contributed by atoms with Gasteiger partial charge in [0.15, 0.2) is 11.5 Å². The Balaban J connectivity index is 1.43. The molecule has 120 valence electrons. The van der Waals surface area contributed by atoms with Crippen molar-refractivity contribution in [2.75, 3.05) is 0 Å². The highest BCUT2D eigenvalue weighted by Gasteiger charge is 2.09. The monoisotopic (exact) mass is 319 g/mol. The van der Waals surface area contributed by atoms with Crippen LogP contribution in [0.5, 0.6) is 0 Å². The molecule has 5 heteroatoms. The van der Waals surface area contributed by atoms with E-state index in [1.807, 2.05) is 55.6 Å². The lowest BCUT2D eigenvalue weighted by Gasteiger charge is -2.05. The van der Waals surface area contributed by atoms with Crippen LogP contribution in [0.2, 0.25) is 0 Å². The van der Waals surface area contributed by atoms with Crippen molar-refractivity contribution in [3.05, 3.63) is 65.7 Å². The van der Waals surface area contributed by atoms with Crippen LogP contribution in [-0.2, 0) is 17.8 Å². The Hall–Kier alpha value is -3.08. The zero-order valence-electron chi connectivity index (χ0n) is 13.3. The van der Waals surface area contributed by atoms with Gasteiger partial charge < -0.3 is 14.7 Å². The molecule has 4 aromatic rings. The third-order valence-electron chi connectivity index (χ3n) is 4.08. The molecule has 0 bridgehead atoms. The summed E-state index contributed by atoms with van der Waals surface area (Å²) in [6.07, 6.45) is 2.25. The Labute approximate surface area is 138 Å². The number of carbonyl (C=O) groups excluding carboxylic acids is 1. The van der Waals surface area contributed by atoms with Crippen molar-refractivity contribution in [1.29, 1.82) is 0 Å². The molecule has 2 N–H and O–H groups in total. The maximum atomic E-state index is 12.2. The van der Waals surface area contributed by atoms with E-state index in [4.69, 9.17) is 4.42 Å². The van der Waals surface area contributed by atoms with Crippen LogP contribution >= 0.6 is 0 Å². The van der Waals surface area contributed by atoms with Gasteiger partial charge in [-0.25, -0.2) is 4.98 Å². The lowest BCUT2D eigenvalue weighted by molar-refractivity contribution is -0.120. The van der Waals surface area contributed by atoms with E-state index in [0.29, 0.717) is 18.9 Å². The summed E-state index contributed by atoms with van der Waals surface area (Å²) in [5.41, 5.74) is 4.62. The fourth-order valence-electron chi connectivity index (χ4n) is 2.91. The van der Waals surface area contributed by atoms with Crippen molar-refractivity contribution in [3.63, 3.8) is 0 Å². The van der Waals surface area contributed by atoms with Gasteiger partial charge in [-0.15, -0.1) is 0 Å². The molecule has 0 aliphatic carbocycles. The van der Waals surface area contributed by atoms with Gasteiger partial charge in [0.1, 0.15) is 5.52 Å². The Morgan fingerprint density at radius 3 is 3.04 bits per heavy atom. The predicted octanol–water partition coefficient (Wildman–Crippen LogP) is 3.48. The number of oxazole rings is 1. The molecular formula is C19H17N3O2. The first-order valence-electron chi connectivity index (χ1n) is 7.87. The van der Waals surface area contributed by atoms with Gasteiger partial charge >= 0.3 is 0 Å². The number of hydrogen-bond donors (Lipinski definition) is 2. The van der Waals surface area contributed by atoms with Crippen molar-refractivity contribution in [1.82, 2.24) is 15.3 Å². The minimum atomic E-state index is -0.00593. The number of amides is 1. The highest BCUT2D eigenvalue weighted by molar-refractivity contribution is 5.88. The number of carbonyl (C=O) groups is 1. The number of fused-ring (bicyclic) bond motifs is 2. The van der Waals surface area contributed by atoms with Crippen molar-refractivity contribution in [2.24, 2.45) is 0 Å². The maximum Gasteiger partial charge on any atom is 0.224 e. The van der Waals surface area contributed by atoms with Gasteiger partial charge in [0.2, 0.25) is 5.91 Å². The molecule has 0 saturated carbocycles. The largest absolute Gasteiger partial charge is 0.441 e. The van der Waals surface area contributed by atoms with E-state index in [0.717, 1.165) is 33.1 Å². The Morgan fingerprint density at radius 2 is 2.12 bits per heavy atom. The second kappa shape index (κ2) is 5.85. The van der Waals surface area contributed by atoms with Crippen molar-refractivity contribution < 1.29 is 9.21 Å². The molecule has 5 nitrogen and oxygen atoms in total. The van der Waals surface area contributed by atoms with Gasteiger partial charge in [0, 0.05) is 30.6 Å². The van der Waals surface area contributed by atoms with Gasteiger partial charge in [-0.05, 0) is 29.3 Å². The normalized spacial score (nSPS) is 11.2. The number of benzene rings is 2. The molecule has 0 aliphatic heterocycles. The minimum absolute atomic E-state index is 0.00593. The van der Waals surface area contributed by atoms with Gasteiger partial charge in [-0.1, -0.05) is 24.3 Å². The topological polar surface area (TPSA) is 70.9 Å². The first kappa shape index (κ1) is 14.5. The second-order valence-electron chi connectivity index (χ2n) is 5.85. The number of aryl methyl sites for hydroxylation is 1. The molecule has 0 aliphatic rings. The summed E-state index contributed by atoms with van der Waals surface area (Å²) in [6.45, 7) is 2.29. The number of nitrogens with one attached hydrogen (secondary N) is 2. The van der Waals surface area contributed by atoms with Crippen molar-refractivity contribution in [2.45, 2.75) is 19.9 Å². The highest BCUT2D eigenvalue weighted by atomic mass is 16.3. The number of aromatic nitrogens is 2. The zero-order valence-corrected chi connectivity index (χ0v) is 13.3. The van der Waals surface area contributed by atoms with E-state index in [1.54, 1.807) is 0 Å². The molecule has 2 aromatic carbocycles. The third-order valence-corrected chi connectivity index (χ3v) is 4.08. The first-order chi connectivity index (χ1) is 11.7.